The molecule has 2 N–H and O–H groups in total. The summed E-state index contributed by atoms with van der Waals surface area (Å²) in [5.41, 5.74) is 6.78. The Kier molecular flexibility index (Phi) is 1.63. The fraction of sp³-hybridized carbons (Fsp3) is 0. The molecule has 13 heavy (non-hydrogen) atoms. The molecule has 0 aliphatic rings. The first kappa shape index (κ1) is 7.60. The molecule has 0 saturated carbocycles. The number of hydrogen-bond acceptors (Lipinski definition) is 4. The zero-order chi connectivity index (χ0) is 9.26. The number of fused-ring (bicyclic) bond motifs is 1. The summed E-state index contributed by atoms with van der Waals surface area (Å²) in [5.74, 6) is 0.0793. The van der Waals surface area contributed by atoms with Gasteiger partial charge in [-0.05, 0) is 23.9 Å². The Balaban J connectivity index is 2.51. The average Bonchev–Trinajstić information content (AvgIpc) is 2.48. The average molecular weight is 176 g/mol. The third kappa shape index (κ3) is 1.31. The van der Waals surface area contributed by atoms with E-state index in [0.29, 0.717) is 0 Å². The van der Waals surface area contributed by atoms with Gasteiger partial charge in [0, 0.05) is 0 Å². The van der Waals surface area contributed by atoms with Crippen LogP contribution < -0.4 is 10.6 Å². The molecule has 0 amide bonds. The third-order valence-electron chi connectivity index (χ3n) is 1.53. The lowest BCUT2D eigenvalue weighted by molar-refractivity contribution is 0.151. The van der Waals surface area contributed by atoms with Crippen molar-refractivity contribution in [1.29, 1.82) is 0 Å². The van der Waals surface area contributed by atoms with E-state index in [9.17, 15) is 0 Å². The van der Waals surface area contributed by atoms with Gasteiger partial charge in [0.15, 0.2) is 0 Å². The van der Waals surface area contributed by atoms with E-state index in [1.54, 1.807) is 0 Å². The quantitative estimate of drug-likeness (QED) is 0.668. The van der Waals surface area contributed by atoms with Gasteiger partial charge in [0.25, 0.3) is 0 Å². The van der Waals surface area contributed by atoms with Crippen molar-refractivity contribution in [3.63, 3.8) is 0 Å². The van der Waals surface area contributed by atoms with Crippen molar-refractivity contribution in [1.82, 2.24) is 15.2 Å². The molecule has 1 aromatic heterocycles. The highest BCUT2D eigenvalue weighted by molar-refractivity contribution is 5.73. The first-order valence-corrected chi connectivity index (χ1v) is 3.70. The molecule has 5 heteroatoms. The minimum Gasteiger partial charge on any atom is -0.368 e. The lowest BCUT2D eigenvalue weighted by atomic mass is 10.3. The Labute approximate surface area is 74.4 Å². The number of para-hydroxylation sites is 1. The fourth-order valence-corrected chi connectivity index (χ4v) is 1.03. The highest BCUT2D eigenvalue weighted by Crippen LogP contribution is 2.08. The van der Waals surface area contributed by atoms with Crippen LogP contribution in [0.4, 0.5) is 0 Å². The standard InChI is InChI=1S/C8H8N4O/c1-6(9)13-12-8-5-3-2-4-7(8)10-11-12/h2-5H,1,9H2. The second kappa shape index (κ2) is 2.78. The number of benzene rings is 1. The minimum absolute atomic E-state index is 0.0793. The molecule has 0 unspecified atom stereocenters. The van der Waals surface area contributed by atoms with Crippen molar-refractivity contribution in [2.45, 2.75) is 0 Å². The number of rotatable bonds is 2. The first-order valence-electron chi connectivity index (χ1n) is 3.70. The van der Waals surface area contributed by atoms with Crippen LogP contribution in [0.25, 0.3) is 11.0 Å². The smallest absolute Gasteiger partial charge is 0.213 e. The topological polar surface area (TPSA) is 66.0 Å². The molecule has 0 radical (unpaired) electrons. The second-order valence-corrected chi connectivity index (χ2v) is 2.51. The highest BCUT2D eigenvalue weighted by Gasteiger charge is 2.03. The van der Waals surface area contributed by atoms with Crippen LogP contribution in [0.3, 0.4) is 0 Å². The van der Waals surface area contributed by atoms with Crippen LogP contribution in [0.1, 0.15) is 0 Å². The van der Waals surface area contributed by atoms with Crippen LogP contribution in [0, 0.1) is 0 Å². The van der Waals surface area contributed by atoms with Crippen molar-refractivity contribution in [3.05, 3.63) is 36.7 Å². The van der Waals surface area contributed by atoms with Crippen LogP contribution in [-0.4, -0.2) is 15.2 Å². The van der Waals surface area contributed by atoms with Crippen LogP contribution in [0.15, 0.2) is 36.7 Å². The van der Waals surface area contributed by atoms with Crippen LogP contribution in [-0.2, 0) is 0 Å². The molecule has 0 fully saturated rings. The Bertz CT molecular complexity index is 448. The summed E-state index contributed by atoms with van der Waals surface area (Å²) in [5, 5.41) is 7.60. The van der Waals surface area contributed by atoms with Gasteiger partial charge in [-0.15, -0.1) is 5.10 Å². The molecule has 0 saturated heterocycles. The van der Waals surface area contributed by atoms with Gasteiger partial charge >= 0.3 is 0 Å². The molecule has 0 bridgehead atoms. The molecule has 5 nitrogen and oxygen atoms in total. The summed E-state index contributed by atoms with van der Waals surface area (Å²) >= 11 is 0. The zero-order valence-corrected chi connectivity index (χ0v) is 6.84. The molecule has 0 spiro atoms. The van der Waals surface area contributed by atoms with Crippen LogP contribution in [0.2, 0.25) is 0 Å². The minimum atomic E-state index is 0.0793. The molecule has 1 heterocycles. The molecule has 0 atom stereocenters. The molecular weight excluding hydrogens is 168 g/mol. The van der Waals surface area contributed by atoms with Gasteiger partial charge in [-0.3, -0.25) is 0 Å². The van der Waals surface area contributed by atoms with E-state index in [-0.39, 0.29) is 5.88 Å². The van der Waals surface area contributed by atoms with Gasteiger partial charge < -0.3 is 10.6 Å². The van der Waals surface area contributed by atoms with E-state index in [1.165, 1.54) is 4.85 Å². The van der Waals surface area contributed by atoms with Gasteiger partial charge in [0.1, 0.15) is 11.0 Å². The Hall–Kier alpha value is -2.04. The van der Waals surface area contributed by atoms with E-state index >= 15 is 0 Å². The molecule has 0 aliphatic heterocycles. The van der Waals surface area contributed by atoms with Crippen molar-refractivity contribution < 1.29 is 4.84 Å². The van der Waals surface area contributed by atoms with Crippen molar-refractivity contribution in [2.24, 2.45) is 5.73 Å². The summed E-state index contributed by atoms with van der Waals surface area (Å²) < 4.78 is 0. The van der Waals surface area contributed by atoms with Gasteiger partial charge in [-0.2, -0.15) is 0 Å². The second-order valence-electron chi connectivity index (χ2n) is 2.51. The summed E-state index contributed by atoms with van der Waals surface area (Å²) in [6.07, 6.45) is 0. The van der Waals surface area contributed by atoms with Gasteiger partial charge in [0.2, 0.25) is 5.88 Å². The number of nitrogens with two attached hydrogens (primary N) is 1. The molecule has 66 valence electrons. The van der Waals surface area contributed by atoms with E-state index in [1.807, 2.05) is 24.3 Å². The first-order chi connectivity index (χ1) is 6.27. The van der Waals surface area contributed by atoms with E-state index in [4.69, 9.17) is 10.6 Å². The van der Waals surface area contributed by atoms with E-state index < -0.39 is 0 Å². The zero-order valence-electron chi connectivity index (χ0n) is 6.84. The van der Waals surface area contributed by atoms with Gasteiger partial charge in [-0.25, -0.2) is 0 Å². The predicted molar refractivity (Wildman–Crippen MR) is 47.4 cm³/mol. The van der Waals surface area contributed by atoms with Crippen molar-refractivity contribution in [2.75, 3.05) is 0 Å². The van der Waals surface area contributed by atoms with E-state index in [2.05, 4.69) is 16.9 Å². The summed E-state index contributed by atoms with van der Waals surface area (Å²) in [7, 11) is 0. The van der Waals surface area contributed by atoms with Crippen molar-refractivity contribution >= 4 is 11.0 Å². The SMILES string of the molecule is C=C(N)On1nnc2ccccc21. The number of aromatic nitrogens is 3. The molecule has 0 aliphatic carbocycles. The lowest BCUT2D eigenvalue weighted by Crippen LogP contribution is -2.17. The summed E-state index contributed by atoms with van der Waals surface area (Å²) in [6.45, 7) is 3.40. The van der Waals surface area contributed by atoms with E-state index in [0.717, 1.165) is 11.0 Å². The Morgan fingerprint density at radius 1 is 1.46 bits per heavy atom. The monoisotopic (exact) mass is 176 g/mol. The molecule has 2 rings (SSSR count). The maximum atomic E-state index is 5.27. The molecule has 2 aromatic rings. The van der Waals surface area contributed by atoms with Gasteiger partial charge in [0.05, 0.1) is 0 Å². The largest absolute Gasteiger partial charge is 0.368 e. The van der Waals surface area contributed by atoms with Gasteiger partial charge in [-0.1, -0.05) is 17.0 Å². The maximum Gasteiger partial charge on any atom is 0.213 e. The van der Waals surface area contributed by atoms with Crippen LogP contribution >= 0.6 is 0 Å². The van der Waals surface area contributed by atoms with Crippen molar-refractivity contribution in [3.8, 4) is 0 Å². The molecule has 1 aromatic carbocycles. The normalized spacial score (nSPS) is 10.2. The summed E-state index contributed by atoms with van der Waals surface area (Å²) in [4.78, 5) is 6.23. The Morgan fingerprint density at radius 3 is 3.00 bits per heavy atom. The Morgan fingerprint density at radius 2 is 2.23 bits per heavy atom. The van der Waals surface area contributed by atoms with Crippen LogP contribution in [0.5, 0.6) is 0 Å². The predicted octanol–water partition coefficient (Wildman–Crippen LogP) is 0.290. The summed E-state index contributed by atoms with van der Waals surface area (Å²) in [6, 6.07) is 7.41. The molecular formula is C8H8N4O. The maximum absolute atomic E-state index is 5.27. The highest BCUT2D eigenvalue weighted by atomic mass is 16.7. The number of hydrogen-bond donors (Lipinski definition) is 1. The fourth-order valence-electron chi connectivity index (χ4n) is 1.03. The third-order valence-corrected chi connectivity index (χ3v) is 1.53. The number of nitrogens with zero attached hydrogens (tertiary/aromatic N) is 3. The lowest BCUT2D eigenvalue weighted by Gasteiger charge is -2.01.